The van der Waals surface area contributed by atoms with Gasteiger partial charge in [-0.15, -0.1) is 0 Å². The molecule has 2 N–H and O–H groups in total. The number of benzene rings is 2. The monoisotopic (exact) mass is 321 g/mol. The minimum absolute atomic E-state index is 0.143. The van der Waals surface area contributed by atoms with E-state index in [9.17, 15) is 4.39 Å². The third-order valence-corrected chi connectivity index (χ3v) is 3.80. The second-order valence-corrected chi connectivity index (χ2v) is 5.70. The number of halogens is 2. The fourth-order valence-corrected chi connectivity index (χ4v) is 2.55. The van der Waals surface area contributed by atoms with Crippen LogP contribution in [0.5, 0.6) is 0 Å². The molecule has 0 saturated heterocycles. The summed E-state index contributed by atoms with van der Waals surface area (Å²) in [7, 11) is 0. The Balaban J connectivity index is 2.23. The summed E-state index contributed by atoms with van der Waals surface area (Å²) in [4.78, 5) is 0. The lowest BCUT2D eigenvalue weighted by Crippen LogP contribution is -2.15. The maximum absolute atomic E-state index is 13.8. The predicted octanol–water partition coefficient (Wildman–Crippen LogP) is 4.18. The van der Waals surface area contributed by atoms with Crippen molar-refractivity contribution >= 4 is 15.9 Å². The first kappa shape index (κ1) is 14.2. The Labute approximate surface area is 121 Å². The van der Waals surface area contributed by atoms with E-state index in [0.717, 1.165) is 10.0 Å². The third-order valence-electron chi connectivity index (χ3n) is 3.31. The summed E-state index contributed by atoms with van der Waals surface area (Å²) < 4.78 is 14.7. The molecule has 2 aromatic rings. The Bertz CT molecular complexity index is 551. The summed E-state index contributed by atoms with van der Waals surface area (Å²) in [6.45, 7) is 2.56. The van der Waals surface area contributed by atoms with Gasteiger partial charge in [0.15, 0.2) is 0 Å². The van der Waals surface area contributed by atoms with Crippen molar-refractivity contribution in [1.82, 2.24) is 0 Å². The molecule has 1 unspecified atom stereocenters. The molecule has 100 valence electrons. The topological polar surface area (TPSA) is 26.0 Å². The first-order chi connectivity index (χ1) is 9.10. The van der Waals surface area contributed by atoms with Crippen LogP contribution in [0.15, 0.2) is 46.9 Å². The first-order valence-corrected chi connectivity index (χ1v) is 7.10. The highest BCUT2D eigenvalue weighted by Crippen LogP contribution is 2.24. The van der Waals surface area contributed by atoms with Crippen LogP contribution in [-0.2, 0) is 6.42 Å². The molecule has 0 aromatic heterocycles. The number of nitrogens with two attached hydrogens (primary N) is 1. The van der Waals surface area contributed by atoms with Crippen LogP contribution in [0, 0.1) is 12.7 Å². The van der Waals surface area contributed by atoms with Crippen LogP contribution in [0.4, 0.5) is 4.39 Å². The summed E-state index contributed by atoms with van der Waals surface area (Å²) >= 11 is 3.38. The van der Waals surface area contributed by atoms with E-state index >= 15 is 0 Å². The van der Waals surface area contributed by atoms with E-state index < -0.39 is 0 Å². The smallest absolute Gasteiger partial charge is 0.126 e. The van der Waals surface area contributed by atoms with Crippen LogP contribution in [-0.4, -0.2) is 6.54 Å². The average molecular weight is 322 g/mol. The van der Waals surface area contributed by atoms with Gasteiger partial charge >= 0.3 is 0 Å². The molecule has 2 rings (SSSR count). The highest BCUT2D eigenvalue weighted by molar-refractivity contribution is 9.10. The zero-order valence-corrected chi connectivity index (χ0v) is 12.5. The first-order valence-electron chi connectivity index (χ1n) is 6.30. The Morgan fingerprint density at radius 2 is 1.84 bits per heavy atom. The lowest BCUT2D eigenvalue weighted by atomic mass is 9.91. The molecule has 0 spiro atoms. The lowest BCUT2D eigenvalue weighted by Gasteiger charge is -2.16. The SMILES string of the molecule is Cc1ccc(C(CN)Cc2cc(Br)ccc2F)cc1. The van der Waals surface area contributed by atoms with Gasteiger partial charge in [0, 0.05) is 10.4 Å². The number of rotatable bonds is 4. The van der Waals surface area contributed by atoms with E-state index in [-0.39, 0.29) is 11.7 Å². The second kappa shape index (κ2) is 6.31. The quantitative estimate of drug-likeness (QED) is 0.898. The van der Waals surface area contributed by atoms with Crippen LogP contribution >= 0.6 is 15.9 Å². The van der Waals surface area contributed by atoms with Gasteiger partial charge in [-0.3, -0.25) is 0 Å². The van der Waals surface area contributed by atoms with Gasteiger partial charge < -0.3 is 5.73 Å². The molecule has 0 aliphatic carbocycles. The summed E-state index contributed by atoms with van der Waals surface area (Å²) in [5.74, 6) is -0.0295. The third kappa shape index (κ3) is 3.64. The minimum atomic E-state index is -0.172. The predicted molar refractivity (Wildman–Crippen MR) is 80.8 cm³/mol. The Hall–Kier alpha value is -1.19. The van der Waals surface area contributed by atoms with Gasteiger partial charge in [-0.25, -0.2) is 4.39 Å². The van der Waals surface area contributed by atoms with Crippen molar-refractivity contribution in [2.24, 2.45) is 5.73 Å². The van der Waals surface area contributed by atoms with Crippen LogP contribution in [0.3, 0.4) is 0 Å². The summed E-state index contributed by atoms with van der Waals surface area (Å²) in [5.41, 5.74) is 8.92. The van der Waals surface area contributed by atoms with E-state index in [0.29, 0.717) is 18.5 Å². The van der Waals surface area contributed by atoms with Gasteiger partial charge in [0.1, 0.15) is 5.82 Å². The summed E-state index contributed by atoms with van der Waals surface area (Å²) in [6.07, 6.45) is 0.616. The fraction of sp³-hybridized carbons (Fsp3) is 0.250. The average Bonchev–Trinajstić information content (AvgIpc) is 2.41. The van der Waals surface area contributed by atoms with Gasteiger partial charge in [-0.05, 0) is 49.2 Å². The maximum atomic E-state index is 13.8. The lowest BCUT2D eigenvalue weighted by molar-refractivity contribution is 0.590. The van der Waals surface area contributed by atoms with E-state index in [1.807, 2.05) is 6.07 Å². The molecule has 0 radical (unpaired) electrons. The fourth-order valence-electron chi connectivity index (χ4n) is 2.14. The largest absolute Gasteiger partial charge is 0.330 e. The molecule has 0 heterocycles. The molecule has 0 amide bonds. The number of hydrogen-bond acceptors (Lipinski definition) is 1. The summed E-state index contributed by atoms with van der Waals surface area (Å²) in [5, 5.41) is 0. The number of aryl methyl sites for hydroxylation is 1. The van der Waals surface area contributed by atoms with Crippen molar-refractivity contribution in [3.8, 4) is 0 Å². The van der Waals surface area contributed by atoms with Crippen molar-refractivity contribution < 1.29 is 4.39 Å². The van der Waals surface area contributed by atoms with E-state index in [4.69, 9.17) is 5.73 Å². The molecule has 0 saturated carbocycles. The molecule has 2 aromatic carbocycles. The Morgan fingerprint density at radius 1 is 1.16 bits per heavy atom. The minimum Gasteiger partial charge on any atom is -0.330 e. The zero-order chi connectivity index (χ0) is 13.8. The van der Waals surface area contributed by atoms with Crippen molar-refractivity contribution in [1.29, 1.82) is 0 Å². The molecule has 0 aliphatic rings. The van der Waals surface area contributed by atoms with Gasteiger partial charge in [0.05, 0.1) is 0 Å². The molecule has 0 aliphatic heterocycles. The normalized spacial score (nSPS) is 12.4. The van der Waals surface area contributed by atoms with Crippen LogP contribution in [0.1, 0.15) is 22.6 Å². The molecule has 3 heteroatoms. The summed E-state index contributed by atoms with van der Waals surface area (Å²) in [6, 6.07) is 13.3. The molecule has 0 bridgehead atoms. The maximum Gasteiger partial charge on any atom is 0.126 e. The Morgan fingerprint density at radius 3 is 2.47 bits per heavy atom. The van der Waals surface area contributed by atoms with E-state index in [1.165, 1.54) is 11.6 Å². The van der Waals surface area contributed by atoms with Crippen LogP contribution < -0.4 is 5.73 Å². The molecule has 19 heavy (non-hydrogen) atoms. The van der Waals surface area contributed by atoms with Crippen molar-refractivity contribution in [3.05, 3.63) is 69.4 Å². The molecule has 1 atom stereocenters. The standard InChI is InChI=1S/C16H17BrFN/c1-11-2-4-12(5-3-11)14(10-19)8-13-9-15(17)6-7-16(13)18/h2-7,9,14H,8,10,19H2,1H3. The van der Waals surface area contributed by atoms with Crippen molar-refractivity contribution in [3.63, 3.8) is 0 Å². The van der Waals surface area contributed by atoms with Crippen molar-refractivity contribution in [2.75, 3.05) is 6.54 Å². The highest BCUT2D eigenvalue weighted by atomic mass is 79.9. The highest BCUT2D eigenvalue weighted by Gasteiger charge is 2.13. The number of hydrogen-bond donors (Lipinski definition) is 1. The molecule has 1 nitrogen and oxygen atoms in total. The molecular weight excluding hydrogens is 305 g/mol. The second-order valence-electron chi connectivity index (χ2n) is 4.78. The van der Waals surface area contributed by atoms with Gasteiger partial charge in [-0.1, -0.05) is 45.8 Å². The van der Waals surface area contributed by atoms with Crippen LogP contribution in [0.25, 0.3) is 0 Å². The molecule has 0 fully saturated rings. The Kier molecular flexibility index (Phi) is 4.72. The molecular formula is C16H17BrFN. The van der Waals surface area contributed by atoms with Crippen molar-refractivity contribution in [2.45, 2.75) is 19.3 Å². The zero-order valence-electron chi connectivity index (χ0n) is 10.9. The van der Waals surface area contributed by atoms with Crippen LogP contribution in [0.2, 0.25) is 0 Å². The van der Waals surface area contributed by atoms with E-state index in [1.54, 1.807) is 6.07 Å². The van der Waals surface area contributed by atoms with Gasteiger partial charge in [-0.2, -0.15) is 0 Å². The van der Waals surface area contributed by atoms with Gasteiger partial charge in [0.2, 0.25) is 0 Å². The van der Waals surface area contributed by atoms with E-state index in [2.05, 4.69) is 47.1 Å². The van der Waals surface area contributed by atoms with Gasteiger partial charge in [0.25, 0.3) is 0 Å².